The molecule has 0 amide bonds. The first-order chi connectivity index (χ1) is 26.7. The van der Waals surface area contributed by atoms with Crippen LogP contribution in [0.4, 0.5) is 11.9 Å². The Morgan fingerprint density at radius 2 is 0.927 bits per heavy atom. The predicted molar refractivity (Wildman–Crippen MR) is 213 cm³/mol. The van der Waals surface area contributed by atoms with Gasteiger partial charge >= 0.3 is 0 Å². The molecule has 0 spiro atoms. The van der Waals surface area contributed by atoms with Crippen LogP contribution >= 0.6 is 0 Å². The lowest BCUT2D eigenvalue weighted by Gasteiger charge is -2.26. The Labute approximate surface area is 323 Å². The summed E-state index contributed by atoms with van der Waals surface area (Å²) >= 11 is 0. The second-order valence-electron chi connectivity index (χ2n) is 16.4. The second-order valence-corrected chi connectivity index (χ2v) is 16.4. The highest BCUT2D eigenvalue weighted by Crippen LogP contribution is 2.42. The number of nitrogens with zero attached hydrogens (tertiary/aromatic N) is 14. The van der Waals surface area contributed by atoms with Crippen LogP contribution in [0.2, 0.25) is 0 Å². The molecule has 290 valence electrons. The van der Waals surface area contributed by atoms with E-state index in [0.29, 0.717) is 11.8 Å². The summed E-state index contributed by atoms with van der Waals surface area (Å²) in [4.78, 5) is 23.7. The Bertz CT molecular complexity index is 2320. The van der Waals surface area contributed by atoms with Crippen molar-refractivity contribution in [3.63, 3.8) is 0 Å². The van der Waals surface area contributed by atoms with E-state index in [1.807, 2.05) is 28.0 Å². The molecule has 0 aromatic carbocycles. The van der Waals surface area contributed by atoms with Crippen LogP contribution in [-0.2, 0) is 39.8 Å². The molecular formula is C41H56N14. The molecule has 14 nitrogen and oxygen atoms in total. The quantitative estimate of drug-likeness (QED) is 0.168. The number of anilines is 2. The molecule has 0 atom stereocenters. The number of hydrogen-bond acceptors (Lipinski definition) is 10. The Morgan fingerprint density at radius 3 is 1.31 bits per heavy atom. The summed E-state index contributed by atoms with van der Waals surface area (Å²) in [7, 11) is 4.00. The van der Waals surface area contributed by atoms with E-state index in [2.05, 4.69) is 64.3 Å². The molecule has 14 heteroatoms. The molecule has 6 aromatic heterocycles. The molecule has 6 aromatic rings. The van der Waals surface area contributed by atoms with Gasteiger partial charge in [0.25, 0.3) is 0 Å². The molecule has 2 aliphatic carbocycles. The van der Waals surface area contributed by atoms with Crippen LogP contribution in [0, 0.1) is 27.7 Å². The summed E-state index contributed by atoms with van der Waals surface area (Å²) in [5, 5.41) is 19.1. The summed E-state index contributed by atoms with van der Waals surface area (Å²) < 4.78 is 7.97. The Hall–Kier alpha value is -4.88. The Balaban J connectivity index is 0.000000144. The average Bonchev–Trinajstić information content (AvgIpc) is 3.73. The van der Waals surface area contributed by atoms with E-state index in [0.717, 1.165) is 121 Å². The van der Waals surface area contributed by atoms with E-state index in [1.165, 1.54) is 68.9 Å². The third kappa shape index (κ3) is 7.08. The SMILES string of the molecule is Cc1nc2c(C3CC3)cc(CCc3nc(N4CCCC4)nn3C)nn2c1C.Cc1nc2c(C3CCC3)cc(CCc3nc(N4CCCC4)nn3C)nn2c1C. The van der Waals surface area contributed by atoms with Gasteiger partial charge in [0.05, 0.1) is 34.2 Å². The molecule has 2 aliphatic heterocycles. The van der Waals surface area contributed by atoms with Crippen molar-refractivity contribution in [2.45, 2.75) is 123 Å². The first kappa shape index (κ1) is 35.8. The van der Waals surface area contributed by atoms with Crippen molar-refractivity contribution >= 4 is 23.2 Å². The molecule has 0 N–H and O–H groups in total. The molecule has 0 bridgehead atoms. The van der Waals surface area contributed by atoms with Gasteiger partial charge in [0.2, 0.25) is 11.9 Å². The van der Waals surface area contributed by atoms with Crippen molar-refractivity contribution < 1.29 is 0 Å². The van der Waals surface area contributed by atoms with Crippen molar-refractivity contribution in [3.8, 4) is 0 Å². The summed E-state index contributed by atoms with van der Waals surface area (Å²) in [6.07, 6.45) is 14.8. The van der Waals surface area contributed by atoms with Gasteiger partial charge in [-0.15, -0.1) is 10.2 Å². The molecule has 2 saturated heterocycles. The largest absolute Gasteiger partial charge is 0.340 e. The topological polar surface area (TPSA) is 128 Å². The monoisotopic (exact) mass is 744 g/mol. The first-order valence-electron chi connectivity index (χ1n) is 20.7. The molecule has 4 fully saturated rings. The minimum absolute atomic E-state index is 0.641. The van der Waals surface area contributed by atoms with Crippen LogP contribution < -0.4 is 9.80 Å². The normalized spacial score (nSPS) is 17.5. The second kappa shape index (κ2) is 14.6. The Kier molecular flexibility index (Phi) is 9.53. The summed E-state index contributed by atoms with van der Waals surface area (Å²) in [5.74, 6) is 5.13. The molecule has 55 heavy (non-hydrogen) atoms. The van der Waals surface area contributed by atoms with E-state index in [-0.39, 0.29) is 0 Å². The zero-order valence-electron chi connectivity index (χ0n) is 33.6. The van der Waals surface area contributed by atoms with Gasteiger partial charge in [0.1, 0.15) is 11.6 Å². The Morgan fingerprint density at radius 1 is 0.509 bits per heavy atom. The molecule has 0 radical (unpaired) electrons. The predicted octanol–water partition coefficient (Wildman–Crippen LogP) is 5.86. The summed E-state index contributed by atoms with van der Waals surface area (Å²) in [6.45, 7) is 12.7. The maximum Gasteiger partial charge on any atom is 0.244 e. The molecule has 0 unspecified atom stereocenters. The van der Waals surface area contributed by atoms with Crippen LogP contribution in [0.3, 0.4) is 0 Å². The zero-order valence-corrected chi connectivity index (χ0v) is 33.6. The smallest absolute Gasteiger partial charge is 0.244 e. The summed E-state index contributed by atoms with van der Waals surface area (Å²) in [5.41, 5.74) is 11.5. The maximum atomic E-state index is 4.91. The van der Waals surface area contributed by atoms with E-state index >= 15 is 0 Å². The van der Waals surface area contributed by atoms with Crippen molar-refractivity contribution in [2.75, 3.05) is 36.0 Å². The number of aryl methyl sites for hydroxylation is 10. The van der Waals surface area contributed by atoms with Gasteiger partial charge in [-0.1, -0.05) is 6.42 Å². The van der Waals surface area contributed by atoms with E-state index in [4.69, 9.17) is 30.1 Å². The highest BCUT2D eigenvalue weighted by molar-refractivity contribution is 5.54. The number of rotatable bonds is 10. The van der Waals surface area contributed by atoms with Crippen molar-refractivity contribution in [2.24, 2.45) is 14.1 Å². The van der Waals surface area contributed by atoms with E-state index in [1.54, 1.807) is 0 Å². The van der Waals surface area contributed by atoms with Gasteiger partial charge in [-0.2, -0.15) is 20.2 Å². The van der Waals surface area contributed by atoms with Crippen LogP contribution in [0.25, 0.3) is 11.3 Å². The lowest BCUT2D eigenvalue weighted by atomic mass is 9.80. The van der Waals surface area contributed by atoms with Crippen molar-refractivity contribution in [1.82, 2.24) is 58.7 Å². The van der Waals surface area contributed by atoms with E-state index in [9.17, 15) is 0 Å². The van der Waals surface area contributed by atoms with Crippen LogP contribution in [0.1, 0.15) is 127 Å². The fraction of sp³-hybridized carbons (Fsp3) is 0.610. The fourth-order valence-corrected chi connectivity index (χ4v) is 8.40. The minimum Gasteiger partial charge on any atom is -0.340 e. The van der Waals surface area contributed by atoms with Gasteiger partial charge in [0, 0.05) is 64.2 Å². The van der Waals surface area contributed by atoms with Gasteiger partial charge in [-0.25, -0.2) is 19.0 Å². The zero-order chi connectivity index (χ0) is 37.8. The van der Waals surface area contributed by atoms with Crippen LogP contribution in [-0.4, -0.2) is 84.9 Å². The van der Waals surface area contributed by atoms with Crippen LogP contribution in [0.5, 0.6) is 0 Å². The third-order valence-electron chi connectivity index (χ3n) is 12.5. The molecule has 10 rings (SSSR count). The summed E-state index contributed by atoms with van der Waals surface area (Å²) in [6, 6.07) is 4.57. The number of hydrogen-bond donors (Lipinski definition) is 0. The highest BCUT2D eigenvalue weighted by atomic mass is 15.4. The van der Waals surface area contributed by atoms with Crippen molar-refractivity contribution in [1.29, 1.82) is 0 Å². The van der Waals surface area contributed by atoms with Gasteiger partial charge in [0.15, 0.2) is 11.3 Å². The lowest BCUT2D eigenvalue weighted by Crippen LogP contribution is -2.19. The maximum absolute atomic E-state index is 4.91. The van der Waals surface area contributed by atoms with Gasteiger partial charge in [-0.05, 0) is 116 Å². The third-order valence-corrected chi connectivity index (χ3v) is 12.5. The fourth-order valence-electron chi connectivity index (χ4n) is 8.40. The molecule has 4 aliphatic rings. The van der Waals surface area contributed by atoms with E-state index < -0.39 is 0 Å². The number of imidazole rings is 2. The van der Waals surface area contributed by atoms with Gasteiger partial charge < -0.3 is 9.80 Å². The molecular weight excluding hydrogens is 689 g/mol. The first-order valence-corrected chi connectivity index (χ1v) is 20.7. The standard InChI is InChI=1S/C21H29N7.C20H27N7/c1-14-15(2)28-20(22-14)18(16-7-6-8-16)13-17(24-28)9-10-19-23-21(25-26(19)3)27-11-4-5-12-27;1-13-14(2)27-19(21-13)17(15-6-7-15)12-16(23-27)8-9-18-22-20(24-25(18)3)26-10-4-5-11-26/h13,16H,4-12H2,1-3H3;12,15H,4-11H2,1-3H3. The van der Waals surface area contributed by atoms with Crippen LogP contribution in [0.15, 0.2) is 12.1 Å². The highest BCUT2D eigenvalue weighted by Gasteiger charge is 2.29. The van der Waals surface area contributed by atoms with Gasteiger partial charge in [-0.3, -0.25) is 9.36 Å². The lowest BCUT2D eigenvalue weighted by molar-refractivity contribution is 0.419. The molecule has 2 saturated carbocycles. The average molecular weight is 745 g/mol. The number of aromatic nitrogens is 12. The number of fused-ring (bicyclic) bond motifs is 2. The minimum atomic E-state index is 0.641. The van der Waals surface area contributed by atoms with Crippen molar-refractivity contribution in [3.05, 3.63) is 69.1 Å². The molecule has 8 heterocycles.